The maximum atomic E-state index is 11.3. The maximum absolute atomic E-state index is 11.3. The molecule has 0 spiro atoms. The Kier molecular flexibility index (Phi) is 2.47. The smallest absolute Gasteiger partial charge is 0.313 e. The van der Waals surface area contributed by atoms with Crippen LogP contribution in [-0.4, -0.2) is 31.6 Å². The second kappa shape index (κ2) is 3.23. The Hall–Kier alpha value is -0.900. The number of carbonyl (C=O) groups excluding carboxylic acids is 2. The molecule has 1 saturated carbocycles. The number of hydrogen-bond donors (Lipinski definition) is 0. The van der Waals surface area contributed by atoms with E-state index in [9.17, 15) is 9.59 Å². The Bertz CT molecular complexity index is 205. The van der Waals surface area contributed by atoms with Crippen molar-refractivity contribution in [2.24, 2.45) is 0 Å². The summed E-state index contributed by atoms with van der Waals surface area (Å²) < 4.78 is 9.37. The molecule has 0 aliphatic heterocycles. The highest BCUT2D eigenvalue weighted by Crippen LogP contribution is 2.40. The predicted molar refractivity (Wildman–Crippen MR) is 40.6 cm³/mol. The largest absolute Gasteiger partial charge is 0.469 e. The molecule has 0 aromatic rings. The Morgan fingerprint density at radius 1 is 1.33 bits per heavy atom. The number of ketones is 1. The van der Waals surface area contributed by atoms with Gasteiger partial charge in [-0.05, 0) is 12.8 Å². The van der Waals surface area contributed by atoms with Gasteiger partial charge in [0.05, 0.1) is 7.11 Å². The number of ether oxygens (including phenoxy) is 2. The Labute approximate surface area is 70.8 Å². The minimum atomic E-state index is -0.659. The summed E-state index contributed by atoms with van der Waals surface area (Å²) in [6, 6.07) is 0. The highest BCUT2D eigenvalue weighted by atomic mass is 16.5. The monoisotopic (exact) mass is 172 g/mol. The number of methoxy groups -OCH3 is 2. The molecule has 0 aromatic carbocycles. The highest BCUT2D eigenvalue weighted by Gasteiger charge is 2.50. The van der Waals surface area contributed by atoms with Crippen molar-refractivity contribution in [3.63, 3.8) is 0 Å². The number of Topliss-reactive ketones (excluding diaryl/α,β-unsaturated/α-hetero) is 1. The normalized spacial score (nSPS) is 18.5. The van der Waals surface area contributed by atoms with Crippen molar-refractivity contribution in [1.29, 1.82) is 0 Å². The van der Waals surface area contributed by atoms with Gasteiger partial charge in [-0.3, -0.25) is 9.59 Å². The summed E-state index contributed by atoms with van der Waals surface area (Å²) in [5.41, 5.74) is -0.659. The van der Waals surface area contributed by atoms with Crippen LogP contribution in [0.2, 0.25) is 0 Å². The second-order valence-electron chi connectivity index (χ2n) is 2.87. The lowest BCUT2D eigenvalue weighted by atomic mass is 10.1. The number of esters is 1. The lowest BCUT2D eigenvalue weighted by molar-refractivity contribution is -0.146. The van der Waals surface area contributed by atoms with Crippen molar-refractivity contribution in [2.45, 2.75) is 24.9 Å². The van der Waals surface area contributed by atoms with Gasteiger partial charge < -0.3 is 9.47 Å². The molecule has 0 N–H and O–H groups in total. The SMILES string of the molecule is COC(=O)CC(=O)C1(OC)CC1. The van der Waals surface area contributed by atoms with E-state index in [-0.39, 0.29) is 12.2 Å². The van der Waals surface area contributed by atoms with Crippen LogP contribution in [0.5, 0.6) is 0 Å². The van der Waals surface area contributed by atoms with E-state index in [2.05, 4.69) is 4.74 Å². The Morgan fingerprint density at radius 2 is 1.92 bits per heavy atom. The third-order valence-corrected chi connectivity index (χ3v) is 2.14. The fourth-order valence-electron chi connectivity index (χ4n) is 1.07. The van der Waals surface area contributed by atoms with Crippen LogP contribution in [0.15, 0.2) is 0 Å². The van der Waals surface area contributed by atoms with Crippen LogP contribution in [-0.2, 0) is 19.1 Å². The number of rotatable bonds is 4. The summed E-state index contributed by atoms with van der Waals surface area (Å²) in [7, 11) is 2.75. The number of hydrogen-bond acceptors (Lipinski definition) is 4. The summed E-state index contributed by atoms with van der Waals surface area (Å²) in [6.45, 7) is 0. The van der Waals surface area contributed by atoms with Crippen LogP contribution in [0.3, 0.4) is 0 Å². The van der Waals surface area contributed by atoms with Gasteiger partial charge in [0.15, 0.2) is 5.78 Å². The first-order valence-electron chi connectivity index (χ1n) is 3.80. The van der Waals surface area contributed by atoms with Gasteiger partial charge in [0, 0.05) is 7.11 Å². The summed E-state index contributed by atoms with van der Waals surface area (Å²) >= 11 is 0. The van der Waals surface area contributed by atoms with Crippen molar-refractivity contribution < 1.29 is 19.1 Å². The predicted octanol–water partition coefficient (Wildman–Crippen LogP) is 0.298. The molecule has 1 rings (SSSR count). The summed E-state index contributed by atoms with van der Waals surface area (Å²) in [6.07, 6.45) is 1.27. The summed E-state index contributed by atoms with van der Waals surface area (Å²) in [5.74, 6) is -0.667. The van der Waals surface area contributed by atoms with Gasteiger partial charge in [0.2, 0.25) is 0 Å². The first kappa shape index (κ1) is 9.19. The molecule has 4 heteroatoms. The highest BCUT2D eigenvalue weighted by molar-refractivity contribution is 6.01. The van der Waals surface area contributed by atoms with Gasteiger partial charge in [0.1, 0.15) is 12.0 Å². The van der Waals surface area contributed by atoms with Crippen LogP contribution < -0.4 is 0 Å². The van der Waals surface area contributed by atoms with Crippen LogP contribution in [0, 0.1) is 0 Å². The van der Waals surface area contributed by atoms with Crippen molar-refractivity contribution in [3.05, 3.63) is 0 Å². The topological polar surface area (TPSA) is 52.6 Å². The maximum Gasteiger partial charge on any atom is 0.313 e. The zero-order valence-electron chi connectivity index (χ0n) is 7.25. The van der Waals surface area contributed by atoms with Gasteiger partial charge in [-0.15, -0.1) is 0 Å². The van der Waals surface area contributed by atoms with Gasteiger partial charge in [-0.1, -0.05) is 0 Å². The molecule has 12 heavy (non-hydrogen) atoms. The molecule has 1 fully saturated rings. The molecule has 4 nitrogen and oxygen atoms in total. The molecule has 0 amide bonds. The van der Waals surface area contributed by atoms with E-state index in [0.717, 1.165) is 12.8 Å². The molecular formula is C8H12O4. The standard InChI is InChI=1S/C8H12O4/c1-11-7(10)5-6(9)8(12-2)3-4-8/h3-5H2,1-2H3. The fourth-order valence-corrected chi connectivity index (χ4v) is 1.07. The molecule has 0 unspecified atom stereocenters. The molecule has 1 aliphatic carbocycles. The lowest BCUT2D eigenvalue weighted by Crippen LogP contribution is -2.27. The minimum Gasteiger partial charge on any atom is -0.469 e. The molecule has 0 heterocycles. The second-order valence-corrected chi connectivity index (χ2v) is 2.87. The summed E-state index contributed by atoms with van der Waals surface area (Å²) in [4.78, 5) is 22.0. The van der Waals surface area contributed by atoms with E-state index in [1.165, 1.54) is 14.2 Å². The van der Waals surface area contributed by atoms with Gasteiger partial charge in [-0.2, -0.15) is 0 Å². The molecule has 0 bridgehead atoms. The Balaban J connectivity index is 2.43. The van der Waals surface area contributed by atoms with Crippen LogP contribution >= 0.6 is 0 Å². The van der Waals surface area contributed by atoms with Crippen molar-refractivity contribution in [3.8, 4) is 0 Å². The van der Waals surface area contributed by atoms with Crippen molar-refractivity contribution >= 4 is 11.8 Å². The first-order valence-corrected chi connectivity index (χ1v) is 3.80. The van der Waals surface area contributed by atoms with E-state index in [1.807, 2.05) is 0 Å². The van der Waals surface area contributed by atoms with Crippen LogP contribution in [0.4, 0.5) is 0 Å². The zero-order chi connectivity index (χ0) is 9.19. The van der Waals surface area contributed by atoms with E-state index < -0.39 is 11.6 Å². The first-order chi connectivity index (χ1) is 5.64. The number of carbonyl (C=O) groups is 2. The van der Waals surface area contributed by atoms with Crippen LogP contribution in [0.25, 0.3) is 0 Å². The van der Waals surface area contributed by atoms with Crippen LogP contribution in [0.1, 0.15) is 19.3 Å². The van der Waals surface area contributed by atoms with Gasteiger partial charge >= 0.3 is 5.97 Å². The third kappa shape index (κ3) is 1.64. The van der Waals surface area contributed by atoms with E-state index in [0.29, 0.717) is 0 Å². The molecule has 0 atom stereocenters. The molecule has 0 saturated heterocycles. The van der Waals surface area contributed by atoms with Gasteiger partial charge in [-0.25, -0.2) is 0 Å². The quantitative estimate of drug-likeness (QED) is 0.452. The zero-order valence-corrected chi connectivity index (χ0v) is 7.25. The van der Waals surface area contributed by atoms with Crippen molar-refractivity contribution in [1.82, 2.24) is 0 Å². The minimum absolute atomic E-state index is 0.170. The molecule has 0 aromatic heterocycles. The lowest BCUT2D eigenvalue weighted by Gasteiger charge is -2.09. The van der Waals surface area contributed by atoms with E-state index >= 15 is 0 Å². The van der Waals surface area contributed by atoms with Gasteiger partial charge in [0.25, 0.3) is 0 Å². The third-order valence-electron chi connectivity index (χ3n) is 2.14. The average molecular weight is 172 g/mol. The molecule has 0 radical (unpaired) electrons. The Morgan fingerprint density at radius 3 is 2.25 bits per heavy atom. The fraction of sp³-hybridized carbons (Fsp3) is 0.750. The van der Waals surface area contributed by atoms with E-state index in [1.54, 1.807) is 0 Å². The molecule has 1 aliphatic rings. The summed E-state index contributed by atoms with van der Waals surface area (Å²) in [5, 5.41) is 0. The molecular weight excluding hydrogens is 160 g/mol. The molecule has 68 valence electrons. The van der Waals surface area contributed by atoms with Crippen molar-refractivity contribution in [2.75, 3.05) is 14.2 Å². The average Bonchev–Trinajstić information content (AvgIpc) is 2.84. The van der Waals surface area contributed by atoms with E-state index in [4.69, 9.17) is 4.74 Å².